The molecular formula is C22H31N5O. The van der Waals surface area contributed by atoms with Gasteiger partial charge in [0.1, 0.15) is 17.3 Å². The number of likely N-dealkylation sites (tertiary alicyclic amines) is 1. The molecule has 2 aromatic rings. The van der Waals surface area contributed by atoms with Gasteiger partial charge in [-0.1, -0.05) is 6.92 Å². The number of piperidine rings is 1. The number of hydrogen-bond acceptors (Lipinski definition) is 5. The second-order valence-corrected chi connectivity index (χ2v) is 7.53. The number of carbonyl (C=O) groups is 1. The molecule has 1 atom stereocenters. The standard InChI is InChI=1S/C22H31N5O/c1-5-26(6-2)19-11-9-18(10-12-19)25-21-14-20(23-17(4)24-21)22(28)27-13-7-8-16(3)15-27/h9-12,14,16H,5-8,13,15H2,1-4H3,(H,23,24,25). The van der Waals surface area contributed by atoms with Gasteiger partial charge in [-0.25, -0.2) is 9.97 Å². The van der Waals surface area contributed by atoms with E-state index in [0.717, 1.165) is 38.3 Å². The number of benzene rings is 1. The summed E-state index contributed by atoms with van der Waals surface area (Å²) in [6, 6.07) is 10.0. The predicted octanol–water partition coefficient (Wildman–Crippen LogP) is 4.25. The first kappa shape index (κ1) is 20.1. The first-order valence-electron chi connectivity index (χ1n) is 10.3. The second kappa shape index (κ2) is 9.04. The Bertz CT molecular complexity index is 801. The number of aryl methyl sites for hydroxylation is 1. The molecular weight excluding hydrogens is 350 g/mol. The van der Waals surface area contributed by atoms with Crippen LogP contribution in [0.4, 0.5) is 17.2 Å². The first-order valence-corrected chi connectivity index (χ1v) is 10.3. The van der Waals surface area contributed by atoms with Gasteiger partial charge in [0.05, 0.1) is 0 Å². The number of nitrogens with zero attached hydrogens (tertiary/aromatic N) is 4. The minimum absolute atomic E-state index is 0.00280. The van der Waals surface area contributed by atoms with Gasteiger partial charge in [0.2, 0.25) is 0 Å². The average molecular weight is 382 g/mol. The maximum atomic E-state index is 12.9. The third kappa shape index (κ3) is 4.80. The number of amides is 1. The van der Waals surface area contributed by atoms with Crippen LogP contribution in [0.1, 0.15) is 49.9 Å². The Labute approximate surface area is 168 Å². The zero-order valence-corrected chi connectivity index (χ0v) is 17.4. The highest BCUT2D eigenvalue weighted by atomic mass is 16.2. The van der Waals surface area contributed by atoms with Gasteiger partial charge in [-0.3, -0.25) is 4.79 Å². The van der Waals surface area contributed by atoms with Crippen molar-refractivity contribution < 1.29 is 4.79 Å². The van der Waals surface area contributed by atoms with E-state index in [1.807, 2.05) is 24.0 Å². The average Bonchev–Trinajstić information content (AvgIpc) is 2.69. The summed E-state index contributed by atoms with van der Waals surface area (Å²) in [5, 5.41) is 3.31. The van der Waals surface area contributed by atoms with Crippen molar-refractivity contribution in [3.8, 4) is 0 Å². The van der Waals surface area contributed by atoms with Crippen molar-refractivity contribution in [1.29, 1.82) is 0 Å². The summed E-state index contributed by atoms with van der Waals surface area (Å²) in [4.78, 5) is 26.0. The topological polar surface area (TPSA) is 61.4 Å². The fourth-order valence-corrected chi connectivity index (χ4v) is 3.77. The molecule has 2 heterocycles. The minimum Gasteiger partial charge on any atom is -0.372 e. The Morgan fingerprint density at radius 1 is 1.21 bits per heavy atom. The van der Waals surface area contributed by atoms with Gasteiger partial charge in [-0.05, 0) is 63.8 Å². The zero-order valence-electron chi connectivity index (χ0n) is 17.4. The maximum Gasteiger partial charge on any atom is 0.272 e. The van der Waals surface area contributed by atoms with E-state index in [1.54, 1.807) is 6.07 Å². The number of rotatable bonds is 6. The number of carbonyl (C=O) groups excluding carboxylic acids is 1. The van der Waals surface area contributed by atoms with Crippen LogP contribution in [-0.2, 0) is 0 Å². The van der Waals surface area contributed by atoms with E-state index in [-0.39, 0.29) is 5.91 Å². The third-order valence-electron chi connectivity index (χ3n) is 5.27. The van der Waals surface area contributed by atoms with Gasteiger partial charge < -0.3 is 15.1 Å². The summed E-state index contributed by atoms with van der Waals surface area (Å²) in [7, 11) is 0. The van der Waals surface area contributed by atoms with Crippen LogP contribution >= 0.6 is 0 Å². The summed E-state index contributed by atoms with van der Waals surface area (Å²) < 4.78 is 0. The van der Waals surface area contributed by atoms with Gasteiger partial charge in [0, 0.05) is 43.6 Å². The normalized spacial score (nSPS) is 16.7. The molecule has 1 N–H and O–H groups in total. The molecule has 3 rings (SSSR count). The van der Waals surface area contributed by atoms with Gasteiger partial charge in [-0.15, -0.1) is 0 Å². The van der Waals surface area contributed by atoms with Crippen LogP contribution in [-0.4, -0.2) is 47.0 Å². The van der Waals surface area contributed by atoms with Crippen molar-refractivity contribution in [2.45, 2.75) is 40.5 Å². The number of aromatic nitrogens is 2. The highest BCUT2D eigenvalue weighted by molar-refractivity contribution is 5.93. The zero-order chi connectivity index (χ0) is 20.1. The van der Waals surface area contributed by atoms with Gasteiger partial charge in [-0.2, -0.15) is 0 Å². The van der Waals surface area contributed by atoms with E-state index < -0.39 is 0 Å². The molecule has 1 aromatic carbocycles. The molecule has 1 aliphatic rings. The van der Waals surface area contributed by atoms with Crippen LogP contribution in [0.15, 0.2) is 30.3 Å². The molecule has 1 aliphatic heterocycles. The van der Waals surface area contributed by atoms with Crippen molar-refractivity contribution in [2.75, 3.05) is 36.4 Å². The van der Waals surface area contributed by atoms with E-state index in [1.165, 1.54) is 12.1 Å². The molecule has 0 saturated carbocycles. The van der Waals surface area contributed by atoms with Crippen LogP contribution in [0.2, 0.25) is 0 Å². The molecule has 1 fully saturated rings. The molecule has 1 aromatic heterocycles. The van der Waals surface area contributed by atoms with E-state index in [9.17, 15) is 4.79 Å². The van der Waals surface area contributed by atoms with E-state index in [2.05, 4.69) is 53.1 Å². The fraction of sp³-hybridized carbons (Fsp3) is 0.500. The highest BCUT2D eigenvalue weighted by Crippen LogP contribution is 2.22. The molecule has 0 spiro atoms. The van der Waals surface area contributed by atoms with E-state index in [0.29, 0.717) is 23.3 Å². The van der Waals surface area contributed by atoms with E-state index >= 15 is 0 Å². The molecule has 0 aliphatic carbocycles. The van der Waals surface area contributed by atoms with Crippen LogP contribution in [0.5, 0.6) is 0 Å². The molecule has 150 valence electrons. The van der Waals surface area contributed by atoms with Gasteiger partial charge >= 0.3 is 0 Å². The lowest BCUT2D eigenvalue weighted by molar-refractivity contribution is 0.0676. The highest BCUT2D eigenvalue weighted by Gasteiger charge is 2.23. The Morgan fingerprint density at radius 3 is 2.57 bits per heavy atom. The van der Waals surface area contributed by atoms with E-state index in [4.69, 9.17) is 0 Å². The van der Waals surface area contributed by atoms with Crippen molar-refractivity contribution in [3.05, 3.63) is 41.9 Å². The van der Waals surface area contributed by atoms with Gasteiger partial charge in [0.15, 0.2) is 0 Å². The van der Waals surface area contributed by atoms with Crippen molar-refractivity contribution in [1.82, 2.24) is 14.9 Å². The molecule has 6 nitrogen and oxygen atoms in total. The fourth-order valence-electron chi connectivity index (χ4n) is 3.77. The lowest BCUT2D eigenvalue weighted by Crippen LogP contribution is -2.39. The monoisotopic (exact) mass is 381 g/mol. The Kier molecular flexibility index (Phi) is 6.49. The molecule has 0 bridgehead atoms. The maximum absolute atomic E-state index is 12.9. The van der Waals surface area contributed by atoms with Crippen LogP contribution in [0.25, 0.3) is 0 Å². The predicted molar refractivity (Wildman–Crippen MR) is 114 cm³/mol. The van der Waals surface area contributed by atoms with Crippen molar-refractivity contribution in [2.24, 2.45) is 5.92 Å². The summed E-state index contributed by atoms with van der Waals surface area (Å²) in [6.07, 6.45) is 2.24. The number of nitrogens with one attached hydrogen (secondary N) is 1. The quantitative estimate of drug-likeness (QED) is 0.811. The lowest BCUT2D eigenvalue weighted by Gasteiger charge is -2.30. The van der Waals surface area contributed by atoms with Crippen molar-refractivity contribution >= 4 is 23.1 Å². The molecule has 1 unspecified atom stereocenters. The summed E-state index contributed by atoms with van der Waals surface area (Å²) in [6.45, 7) is 11.9. The molecule has 0 radical (unpaired) electrons. The lowest BCUT2D eigenvalue weighted by atomic mass is 10.00. The Balaban J connectivity index is 1.75. The molecule has 1 amide bonds. The summed E-state index contributed by atoms with van der Waals surface area (Å²) in [5.74, 6) is 1.79. The number of hydrogen-bond donors (Lipinski definition) is 1. The third-order valence-corrected chi connectivity index (χ3v) is 5.27. The Hall–Kier alpha value is -2.63. The smallest absolute Gasteiger partial charge is 0.272 e. The van der Waals surface area contributed by atoms with Crippen LogP contribution < -0.4 is 10.2 Å². The second-order valence-electron chi connectivity index (χ2n) is 7.53. The molecule has 28 heavy (non-hydrogen) atoms. The van der Waals surface area contributed by atoms with Gasteiger partial charge in [0.25, 0.3) is 5.91 Å². The summed E-state index contributed by atoms with van der Waals surface area (Å²) in [5.41, 5.74) is 2.60. The largest absolute Gasteiger partial charge is 0.372 e. The Morgan fingerprint density at radius 2 is 1.93 bits per heavy atom. The minimum atomic E-state index is -0.00280. The van der Waals surface area contributed by atoms with Crippen LogP contribution in [0, 0.1) is 12.8 Å². The number of anilines is 3. The van der Waals surface area contributed by atoms with Crippen LogP contribution in [0.3, 0.4) is 0 Å². The summed E-state index contributed by atoms with van der Waals surface area (Å²) >= 11 is 0. The SMILES string of the molecule is CCN(CC)c1ccc(Nc2cc(C(=O)N3CCCC(C)C3)nc(C)n2)cc1. The molecule has 6 heteroatoms. The molecule has 1 saturated heterocycles. The van der Waals surface area contributed by atoms with Crippen molar-refractivity contribution in [3.63, 3.8) is 0 Å². The first-order chi connectivity index (χ1) is 13.5.